The minimum atomic E-state index is -0.560. The van der Waals surface area contributed by atoms with Crippen molar-refractivity contribution in [2.45, 2.75) is 32.2 Å². The van der Waals surface area contributed by atoms with Crippen molar-refractivity contribution < 1.29 is 4.79 Å². The van der Waals surface area contributed by atoms with Crippen LogP contribution in [-0.2, 0) is 4.79 Å². The van der Waals surface area contributed by atoms with Gasteiger partial charge in [-0.2, -0.15) is 0 Å². The first-order chi connectivity index (χ1) is 7.94. The topological polar surface area (TPSA) is 58.4 Å². The van der Waals surface area contributed by atoms with E-state index in [2.05, 4.69) is 24.2 Å². The third-order valence-electron chi connectivity index (χ3n) is 4.03. The second-order valence-electron chi connectivity index (χ2n) is 5.68. The van der Waals surface area contributed by atoms with E-state index in [-0.39, 0.29) is 11.9 Å². The first-order valence-electron chi connectivity index (χ1n) is 6.23. The van der Waals surface area contributed by atoms with Gasteiger partial charge in [0.15, 0.2) is 0 Å². The minimum Gasteiger partial charge on any atom is -0.392 e. The van der Waals surface area contributed by atoms with Gasteiger partial charge in [0.1, 0.15) is 0 Å². The van der Waals surface area contributed by atoms with Crippen molar-refractivity contribution >= 4 is 23.1 Å². The highest BCUT2D eigenvalue weighted by Gasteiger charge is 2.51. The van der Waals surface area contributed by atoms with Crippen LogP contribution in [0.2, 0.25) is 0 Å². The Morgan fingerprint density at radius 3 is 2.59 bits per heavy atom. The Balaban J connectivity index is 1.96. The molecule has 0 aromatic heterocycles. The monoisotopic (exact) mass is 255 g/mol. The van der Waals surface area contributed by atoms with Gasteiger partial charge in [-0.05, 0) is 38.8 Å². The van der Waals surface area contributed by atoms with E-state index < -0.39 is 5.41 Å². The molecule has 0 aromatic rings. The van der Waals surface area contributed by atoms with Crippen LogP contribution in [0.5, 0.6) is 0 Å². The molecule has 1 atom stereocenters. The predicted octanol–water partition coefficient (Wildman–Crippen LogP) is 0.509. The van der Waals surface area contributed by atoms with Crippen molar-refractivity contribution in [2.24, 2.45) is 17.1 Å². The zero-order valence-corrected chi connectivity index (χ0v) is 11.3. The number of nitrogens with zero attached hydrogens (tertiary/aromatic N) is 1. The van der Waals surface area contributed by atoms with Gasteiger partial charge in [0, 0.05) is 12.6 Å². The summed E-state index contributed by atoms with van der Waals surface area (Å²) in [5.41, 5.74) is 5.20. The number of likely N-dealkylation sites (N-methyl/N-ethyl adjacent to an activating group) is 1. The molecule has 0 bridgehead atoms. The number of nitrogens with one attached hydrogen (secondary N) is 1. The largest absolute Gasteiger partial charge is 0.392 e. The smallest absolute Gasteiger partial charge is 0.233 e. The lowest BCUT2D eigenvalue weighted by Gasteiger charge is -2.44. The van der Waals surface area contributed by atoms with Crippen LogP contribution < -0.4 is 11.1 Å². The van der Waals surface area contributed by atoms with Gasteiger partial charge < -0.3 is 16.0 Å². The molecule has 5 heteroatoms. The molecule has 2 rings (SSSR count). The van der Waals surface area contributed by atoms with Crippen molar-refractivity contribution in [3.8, 4) is 0 Å². The summed E-state index contributed by atoms with van der Waals surface area (Å²) in [6.45, 7) is 4.10. The molecule has 2 aliphatic rings. The second kappa shape index (κ2) is 4.53. The molecule has 3 N–H and O–H groups in total. The van der Waals surface area contributed by atoms with Gasteiger partial charge in [-0.25, -0.2) is 0 Å². The molecular weight excluding hydrogens is 234 g/mol. The Morgan fingerprint density at radius 1 is 1.53 bits per heavy atom. The molecule has 1 aliphatic carbocycles. The average Bonchev–Trinajstić information content (AvgIpc) is 2.58. The fourth-order valence-electron chi connectivity index (χ4n) is 3.00. The SMILES string of the molecule is CC1CC(C(=O)NC2CCN(C)C2)(C(N)=S)C1. The van der Waals surface area contributed by atoms with E-state index in [1.54, 1.807) is 0 Å². The average molecular weight is 255 g/mol. The van der Waals surface area contributed by atoms with Gasteiger partial charge in [-0.1, -0.05) is 19.1 Å². The van der Waals surface area contributed by atoms with Crippen LogP contribution in [0.4, 0.5) is 0 Å². The van der Waals surface area contributed by atoms with Crippen LogP contribution in [0, 0.1) is 11.3 Å². The maximum absolute atomic E-state index is 12.3. The number of amides is 1. The Morgan fingerprint density at radius 2 is 2.18 bits per heavy atom. The molecule has 1 heterocycles. The number of carbonyl (C=O) groups excluding carboxylic acids is 1. The summed E-state index contributed by atoms with van der Waals surface area (Å²) in [6, 6.07) is 0.259. The highest BCUT2D eigenvalue weighted by Crippen LogP contribution is 2.46. The molecule has 17 heavy (non-hydrogen) atoms. The highest BCUT2D eigenvalue weighted by atomic mass is 32.1. The fraction of sp³-hybridized carbons (Fsp3) is 0.833. The summed E-state index contributed by atoms with van der Waals surface area (Å²) < 4.78 is 0. The summed E-state index contributed by atoms with van der Waals surface area (Å²) in [7, 11) is 2.07. The maximum atomic E-state index is 12.3. The van der Waals surface area contributed by atoms with Crippen molar-refractivity contribution in [3.05, 3.63) is 0 Å². The second-order valence-corrected chi connectivity index (χ2v) is 6.12. The van der Waals surface area contributed by atoms with Crippen molar-refractivity contribution in [2.75, 3.05) is 20.1 Å². The van der Waals surface area contributed by atoms with E-state index in [1.165, 1.54) is 0 Å². The van der Waals surface area contributed by atoms with Gasteiger partial charge in [0.2, 0.25) is 5.91 Å². The summed E-state index contributed by atoms with van der Waals surface area (Å²) >= 11 is 5.08. The highest BCUT2D eigenvalue weighted by molar-refractivity contribution is 7.80. The number of nitrogens with two attached hydrogens (primary N) is 1. The molecule has 4 nitrogen and oxygen atoms in total. The summed E-state index contributed by atoms with van der Waals surface area (Å²) in [4.78, 5) is 14.9. The molecule has 1 aliphatic heterocycles. The van der Waals surface area contributed by atoms with E-state index in [0.29, 0.717) is 10.9 Å². The lowest BCUT2D eigenvalue weighted by atomic mass is 9.62. The van der Waals surface area contributed by atoms with E-state index in [9.17, 15) is 4.79 Å². The van der Waals surface area contributed by atoms with Gasteiger partial charge in [-0.3, -0.25) is 4.79 Å². The number of thiocarbonyl (C=S) groups is 1. The Kier molecular flexibility index (Phi) is 3.41. The Hall–Kier alpha value is -0.680. The van der Waals surface area contributed by atoms with Crippen LogP contribution in [0.1, 0.15) is 26.2 Å². The van der Waals surface area contributed by atoms with Gasteiger partial charge in [0.25, 0.3) is 0 Å². The molecular formula is C12H21N3OS. The van der Waals surface area contributed by atoms with E-state index >= 15 is 0 Å². The predicted molar refractivity (Wildman–Crippen MR) is 71.7 cm³/mol. The zero-order valence-electron chi connectivity index (χ0n) is 10.5. The standard InChI is InChI=1S/C12H21N3OS/c1-8-5-12(6-8,10(13)17)11(16)14-9-3-4-15(2)7-9/h8-9H,3-7H2,1-2H3,(H2,13,17)(H,14,16). The number of carbonyl (C=O) groups is 1. The summed E-state index contributed by atoms with van der Waals surface area (Å²) in [6.07, 6.45) is 2.62. The van der Waals surface area contributed by atoms with Crippen LogP contribution in [0.25, 0.3) is 0 Å². The quantitative estimate of drug-likeness (QED) is 0.722. The van der Waals surface area contributed by atoms with Gasteiger partial charge >= 0.3 is 0 Å². The van der Waals surface area contributed by atoms with Crippen molar-refractivity contribution in [1.29, 1.82) is 0 Å². The number of hydrogen-bond acceptors (Lipinski definition) is 3. The van der Waals surface area contributed by atoms with Crippen LogP contribution in [0.3, 0.4) is 0 Å². The Labute approximate surface area is 108 Å². The van der Waals surface area contributed by atoms with E-state index in [4.69, 9.17) is 18.0 Å². The molecule has 2 fully saturated rings. The lowest BCUT2D eigenvalue weighted by Crippen LogP contribution is -2.57. The first-order valence-corrected chi connectivity index (χ1v) is 6.64. The van der Waals surface area contributed by atoms with E-state index in [1.807, 2.05) is 0 Å². The minimum absolute atomic E-state index is 0.0448. The normalized spacial score (nSPS) is 37.5. The van der Waals surface area contributed by atoms with Crippen molar-refractivity contribution in [1.82, 2.24) is 10.2 Å². The van der Waals surface area contributed by atoms with E-state index in [0.717, 1.165) is 32.4 Å². The molecule has 96 valence electrons. The van der Waals surface area contributed by atoms with Crippen LogP contribution >= 0.6 is 12.2 Å². The van der Waals surface area contributed by atoms with Gasteiger partial charge in [0.05, 0.1) is 10.4 Å². The molecule has 0 aromatic carbocycles. The lowest BCUT2D eigenvalue weighted by molar-refractivity contribution is -0.133. The third-order valence-corrected chi connectivity index (χ3v) is 4.42. The first kappa shape index (κ1) is 12.8. The molecule has 1 saturated heterocycles. The summed E-state index contributed by atoms with van der Waals surface area (Å²) in [5, 5.41) is 3.11. The number of rotatable bonds is 3. The summed E-state index contributed by atoms with van der Waals surface area (Å²) in [5.74, 6) is 0.594. The maximum Gasteiger partial charge on any atom is 0.233 e. The third kappa shape index (κ3) is 2.31. The molecule has 1 unspecified atom stereocenters. The number of hydrogen-bond donors (Lipinski definition) is 2. The fourth-order valence-corrected chi connectivity index (χ4v) is 3.26. The van der Waals surface area contributed by atoms with Crippen molar-refractivity contribution in [3.63, 3.8) is 0 Å². The Bertz CT molecular complexity index is 339. The van der Waals surface area contributed by atoms with Gasteiger partial charge in [-0.15, -0.1) is 0 Å². The van der Waals surface area contributed by atoms with Crippen LogP contribution in [0.15, 0.2) is 0 Å². The molecule has 0 radical (unpaired) electrons. The number of likely N-dealkylation sites (tertiary alicyclic amines) is 1. The molecule has 0 spiro atoms. The molecule has 1 saturated carbocycles. The molecule has 1 amide bonds. The van der Waals surface area contributed by atoms with Crippen LogP contribution in [-0.4, -0.2) is 42.0 Å². The zero-order chi connectivity index (χ0) is 12.6.